The van der Waals surface area contributed by atoms with Gasteiger partial charge in [0.05, 0.1) is 11.3 Å². The summed E-state index contributed by atoms with van der Waals surface area (Å²) in [5, 5.41) is 0. The fraction of sp³-hybridized carbons (Fsp3) is 0.375. The van der Waals surface area contributed by atoms with Crippen LogP contribution in [0, 0.1) is 0 Å². The number of nitrogens with zero attached hydrogens (tertiary/aromatic N) is 4. The van der Waals surface area contributed by atoms with Crippen LogP contribution in [0.2, 0.25) is 0 Å². The van der Waals surface area contributed by atoms with Gasteiger partial charge in [0.2, 0.25) is 0 Å². The molecule has 0 unspecified atom stereocenters. The molecular weight excluding hydrogens is 319 g/mol. The summed E-state index contributed by atoms with van der Waals surface area (Å²) in [5.74, 6) is 0.491. The monoisotopic (exact) mass is 337 g/mol. The molecule has 0 amide bonds. The largest absolute Gasteiger partial charge is 0.417 e. The van der Waals surface area contributed by atoms with Gasteiger partial charge in [0.1, 0.15) is 12.0 Å². The second-order valence-electron chi connectivity index (χ2n) is 5.79. The Hall–Kier alpha value is -2.35. The second-order valence-corrected chi connectivity index (χ2v) is 5.79. The third kappa shape index (κ3) is 3.14. The van der Waals surface area contributed by atoms with Crippen molar-refractivity contribution in [2.45, 2.75) is 6.18 Å². The highest BCUT2D eigenvalue weighted by Crippen LogP contribution is 2.39. The molecule has 1 aromatic heterocycles. The number of likely N-dealkylation sites (N-methyl/N-ethyl adjacent to an activating group) is 1. The predicted octanol–water partition coefficient (Wildman–Crippen LogP) is 2.50. The van der Waals surface area contributed by atoms with Crippen molar-refractivity contribution in [3.8, 4) is 11.3 Å². The van der Waals surface area contributed by atoms with Crippen LogP contribution in [0.1, 0.15) is 5.56 Å². The SMILES string of the molecule is CN1CCN(c2ncnc(-c3ccccc3C(F)(F)F)c2N)CC1. The van der Waals surface area contributed by atoms with Crippen LogP contribution in [-0.4, -0.2) is 48.1 Å². The molecule has 1 saturated heterocycles. The first kappa shape index (κ1) is 16.5. The minimum Gasteiger partial charge on any atom is -0.394 e. The lowest BCUT2D eigenvalue weighted by Crippen LogP contribution is -2.45. The van der Waals surface area contributed by atoms with Gasteiger partial charge in [-0.15, -0.1) is 0 Å². The van der Waals surface area contributed by atoms with E-state index in [9.17, 15) is 13.2 Å². The van der Waals surface area contributed by atoms with Crippen molar-refractivity contribution in [1.29, 1.82) is 0 Å². The van der Waals surface area contributed by atoms with Gasteiger partial charge >= 0.3 is 6.18 Å². The molecule has 0 saturated carbocycles. The zero-order valence-corrected chi connectivity index (χ0v) is 13.2. The van der Waals surface area contributed by atoms with Gasteiger partial charge in [0.15, 0.2) is 5.82 Å². The smallest absolute Gasteiger partial charge is 0.394 e. The molecule has 3 rings (SSSR count). The maximum absolute atomic E-state index is 13.3. The Morgan fingerprint density at radius 1 is 1.04 bits per heavy atom. The van der Waals surface area contributed by atoms with Crippen molar-refractivity contribution < 1.29 is 13.2 Å². The minimum absolute atomic E-state index is 0.0275. The Bertz CT molecular complexity index is 724. The fourth-order valence-electron chi connectivity index (χ4n) is 2.81. The van der Waals surface area contributed by atoms with E-state index < -0.39 is 11.7 Å². The quantitative estimate of drug-likeness (QED) is 0.912. The van der Waals surface area contributed by atoms with Gasteiger partial charge in [0.25, 0.3) is 0 Å². The first-order valence-corrected chi connectivity index (χ1v) is 7.58. The molecule has 5 nitrogen and oxygen atoms in total. The van der Waals surface area contributed by atoms with Crippen LogP contribution >= 0.6 is 0 Å². The molecule has 1 aliphatic heterocycles. The van der Waals surface area contributed by atoms with Crippen molar-refractivity contribution in [1.82, 2.24) is 14.9 Å². The summed E-state index contributed by atoms with van der Waals surface area (Å²) < 4.78 is 39.8. The molecule has 24 heavy (non-hydrogen) atoms. The first-order valence-electron chi connectivity index (χ1n) is 7.58. The maximum atomic E-state index is 13.3. The standard InChI is InChI=1S/C16H18F3N5/c1-23-6-8-24(9-7-23)15-13(20)14(21-10-22-15)11-4-2-3-5-12(11)16(17,18)19/h2-5,10H,6-9,20H2,1H3. The van der Waals surface area contributed by atoms with Gasteiger partial charge in [-0.25, -0.2) is 9.97 Å². The highest BCUT2D eigenvalue weighted by atomic mass is 19.4. The number of aromatic nitrogens is 2. The van der Waals surface area contributed by atoms with Gasteiger partial charge in [-0.2, -0.15) is 13.2 Å². The van der Waals surface area contributed by atoms with Crippen molar-refractivity contribution >= 4 is 11.5 Å². The van der Waals surface area contributed by atoms with E-state index in [1.54, 1.807) is 6.07 Å². The van der Waals surface area contributed by atoms with Gasteiger partial charge in [0, 0.05) is 31.7 Å². The molecular formula is C16H18F3N5. The van der Waals surface area contributed by atoms with Crippen LogP contribution in [-0.2, 0) is 6.18 Å². The van der Waals surface area contributed by atoms with Crippen molar-refractivity contribution in [3.63, 3.8) is 0 Å². The molecule has 0 atom stereocenters. The van der Waals surface area contributed by atoms with Crippen LogP contribution in [0.5, 0.6) is 0 Å². The lowest BCUT2D eigenvalue weighted by molar-refractivity contribution is -0.137. The molecule has 1 aliphatic rings. The summed E-state index contributed by atoms with van der Waals surface area (Å²) >= 11 is 0. The van der Waals surface area contributed by atoms with Crippen LogP contribution in [0.15, 0.2) is 30.6 Å². The number of nitrogens with two attached hydrogens (primary N) is 1. The molecule has 0 radical (unpaired) electrons. The fourth-order valence-corrected chi connectivity index (χ4v) is 2.81. The van der Waals surface area contributed by atoms with Crippen LogP contribution in [0.4, 0.5) is 24.7 Å². The van der Waals surface area contributed by atoms with Gasteiger partial charge in [-0.3, -0.25) is 0 Å². The zero-order valence-electron chi connectivity index (χ0n) is 13.2. The number of benzene rings is 1. The van der Waals surface area contributed by atoms with Gasteiger partial charge in [-0.05, 0) is 13.1 Å². The van der Waals surface area contributed by atoms with Crippen LogP contribution < -0.4 is 10.6 Å². The highest BCUT2D eigenvalue weighted by molar-refractivity contribution is 5.82. The average molecular weight is 337 g/mol. The number of hydrogen-bond acceptors (Lipinski definition) is 5. The number of nitrogen functional groups attached to an aromatic ring is 1. The lowest BCUT2D eigenvalue weighted by atomic mass is 10.0. The van der Waals surface area contributed by atoms with Gasteiger partial charge in [-0.1, -0.05) is 18.2 Å². The maximum Gasteiger partial charge on any atom is 0.417 e. The molecule has 2 N–H and O–H groups in total. The number of hydrogen-bond donors (Lipinski definition) is 1. The molecule has 1 fully saturated rings. The predicted molar refractivity (Wildman–Crippen MR) is 86.6 cm³/mol. The number of rotatable bonds is 2. The van der Waals surface area contributed by atoms with Crippen molar-refractivity contribution in [2.75, 3.05) is 43.9 Å². The molecule has 0 bridgehead atoms. The topological polar surface area (TPSA) is 58.3 Å². The summed E-state index contributed by atoms with van der Waals surface area (Å²) in [5.41, 5.74) is 5.66. The van der Waals surface area contributed by atoms with E-state index in [1.807, 2.05) is 11.9 Å². The third-order valence-corrected chi connectivity index (χ3v) is 4.15. The minimum atomic E-state index is -4.47. The molecule has 2 heterocycles. The van der Waals surface area contributed by atoms with E-state index in [0.29, 0.717) is 5.82 Å². The Morgan fingerprint density at radius 3 is 2.38 bits per heavy atom. The Labute approximate surface area is 137 Å². The Balaban J connectivity index is 2.04. The van der Waals surface area contributed by atoms with E-state index in [4.69, 9.17) is 5.73 Å². The molecule has 128 valence electrons. The van der Waals surface area contributed by atoms with E-state index in [0.717, 1.165) is 32.2 Å². The summed E-state index contributed by atoms with van der Waals surface area (Å²) in [6, 6.07) is 5.31. The Kier molecular flexibility index (Phi) is 4.31. The summed E-state index contributed by atoms with van der Waals surface area (Å²) in [4.78, 5) is 12.4. The molecule has 2 aromatic rings. The normalized spacial score (nSPS) is 16.4. The molecule has 8 heteroatoms. The summed E-state index contributed by atoms with van der Waals surface area (Å²) in [6.07, 6.45) is -3.20. The van der Waals surface area contributed by atoms with E-state index in [1.165, 1.54) is 18.5 Å². The summed E-state index contributed by atoms with van der Waals surface area (Å²) in [7, 11) is 2.02. The van der Waals surface area contributed by atoms with E-state index in [-0.39, 0.29) is 16.9 Å². The van der Waals surface area contributed by atoms with Crippen LogP contribution in [0.3, 0.4) is 0 Å². The van der Waals surface area contributed by atoms with Crippen molar-refractivity contribution in [3.05, 3.63) is 36.2 Å². The average Bonchev–Trinajstić information content (AvgIpc) is 2.55. The van der Waals surface area contributed by atoms with Crippen LogP contribution in [0.25, 0.3) is 11.3 Å². The first-order chi connectivity index (χ1) is 11.4. The molecule has 1 aromatic carbocycles. The molecule has 0 aliphatic carbocycles. The number of piperazine rings is 1. The molecule has 0 spiro atoms. The second kappa shape index (κ2) is 6.27. The third-order valence-electron chi connectivity index (χ3n) is 4.15. The number of anilines is 2. The summed E-state index contributed by atoms with van der Waals surface area (Å²) in [6.45, 7) is 3.13. The van der Waals surface area contributed by atoms with E-state index in [2.05, 4.69) is 14.9 Å². The zero-order chi connectivity index (χ0) is 17.3. The number of halogens is 3. The number of alkyl halides is 3. The van der Waals surface area contributed by atoms with Crippen molar-refractivity contribution in [2.24, 2.45) is 0 Å². The van der Waals surface area contributed by atoms with Gasteiger partial charge < -0.3 is 15.5 Å². The lowest BCUT2D eigenvalue weighted by Gasteiger charge is -2.34. The Morgan fingerprint density at radius 2 is 1.71 bits per heavy atom. The highest BCUT2D eigenvalue weighted by Gasteiger charge is 2.34. The van der Waals surface area contributed by atoms with E-state index >= 15 is 0 Å².